The smallest absolute Gasteiger partial charge is 0.416 e. The molecule has 0 radical (unpaired) electrons. The SMILES string of the molecule is CCCN(c1cccc(C(F)(F)F)c1)[C@@H](CC)C(=O)O. The summed E-state index contributed by atoms with van der Waals surface area (Å²) in [4.78, 5) is 12.7. The lowest BCUT2D eigenvalue weighted by atomic mass is 10.1. The maximum Gasteiger partial charge on any atom is 0.416 e. The number of nitrogens with zero attached hydrogens (tertiary/aromatic N) is 1. The van der Waals surface area contributed by atoms with Crippen LogP contribution in [0.4, 0.5) is 18.9 Å². The van der Waals surface area contributed by atoms with Crippen molar-refractivity contribution in [2.45, 2.75) is 38.9 Å². The summed E-state index contributed by atoms with van der Waals surface area (Å²) in [6.45, 7) is 3.95. The van der Waals surface area contributed by atoms with Gasteiger partial charge in [0.1, 0.15) is 6.04 Å². The molecule has 20 heavy (non-hydrogen) atoms. The van der Waals surface area contributed by atoms with Crippen molar-refractivity contribution in [3.05, 3.63) is 29.8 Å². The van der Waals surface area contributed by atoms with Crippen LogP contribution in [0.2, 0.25) is 0 Å². The fourth-order valence-electron chi connectivity index (χ4n) is 2.09. The third kappa shape index (κ3) is 3.88. The molecule has 1 N–H and O–H groups in total. The van der Waals surface area contributed by atoms with Gasteiger partial charge in [-0.15, -0.1) is 0 Å². The van der Waals surface area contributed by atoms with E-state index in [2.05, 4.69) is 0 Å². The Labute approximate surface area is 116 Å². The highest BCUT2D eigenvalue weighted by Gasteiger charge is 2.32. The van der Waals surface area contributed by atoms with Gasteiger partial charge in [0.2, 0.25) is 0 Å². The van der Waals surface area contributed by atoms with Crippen molar-refractivity contribution in [1.29, 1.82) is 0 Å². The summed E-state index contributed by atoms with van der Waals surface area (Å²) in [6.07, 6.45) is -3.45. The lowest BCUT2D eigenvalue weighted by Crippen LogP contribution is -2.41. The third-order valence-corrected chi connectivity index (χ3v) is 3.02. The van der Waals surface area contributed by atoms with Crippen LogP contribution in [0.3, 0.4) is 0 Å². The van der Waals surface area contributed by atoms with Gasteiger partial charge in [-0.05, 0) is 31.0 Å². The minimum Gasteiger partial charge on any atom is -0.480 e. The zero-order chi connectivity index (χ0) is 15.3. The molecule has 0 aromatic heterocycles. The van der Waals surface area contributed by atoms with Crippen LogP contribution in [0, 0.1) is 0 Å². The first-order chi connectivity index (χ1) is 9.31. The summed E-state index contributed by atoms with van der Waals surface area (Å²) in [6, 6.07) is 3.97. The predicted molar refractivity (Wildman–Crippen MR) is 70.8 cm³/mol. The van der Waals surface area contributed by atoms with Gasteiger partial charge in [0, 0.05) is 12.2 Å². The minimum atomic E-state index is -4.43. The Morgan fingerprint density at radius 3 is 2.45 bits per heavy atom. The molecular formula is C14H18F3NO2. The van der Waals surface area contributed by atoms with Gasteiger partial charge >= 0.3 is 12.1 Å². The molecule has 0 unspecified atom stereocenters. The molecule has 0 aliphatic heterocycles. The molecule has 112 valence electrons. The van der Waals surface area contributed by atoms with Gasteiger partial charge in [0.05, 0.1) is 5.56 Å². The van der Waals surface area contributed by atoms with E-state index in [4.69, 9.17) is 0 Å². The first-order valence-electron chi connectivity index (χ1n) is 6.48. The Hall–Kier alpha value is -1.72. The summed E-state index contributed by atoms with van der Waals surface area (Å²) in [7, 11) is 0. The van der Waals surface area contributed by atoms with Crippen LogP contribution in [-0.2, 0) is 11.0 Å². The highest BCUT2D eigenvalue weighted by atomic mass is 19.4. The van der Waals surface area contributed by atoms with E-state index in [-0.39, 0.29) is 5.69 Å². The van der Waals surface area contributed by atoms with Crippen molar-refractivity contribution in [3.8, 4) is 0 Å². The van der Waals surface area contributed by atoms with Crippen molar-refractivity contribution in [1.82, 2.24) is 0 Å². The number of halogens is 3. The molecule has 1 aromatic rings. The van der Waals surface area contributed by atoms with Crippen molar-refractivity contribution in [3.63, 3.8) is 0 Å². The Bertz CT molecular complexity index is 460. The second-order valence-electron chi connectivity index (χ2n) is 4.50. The monoisotopic (exact) mass is 289 g/mol. The molecule has 3 nitrogen and oxygen atoms in total. The van der Waals surface area contributed by atoms with E-state index >= 15 is 0 Å². The molecule has 0 spiro atoms. The number of benzene rings is 1. The summed E-state index contributed by atoms with van der Waals surface area (Å²) in [5.41, 5.74) is -0.479. The van der Waals surface area contributed by atoms with E-state index in [1.54, 1.807) is 6.92 Å². The normalized spacial score (nSPS) is 13.1. The number of hydrogen-bond acceptors (Lipinski definition) is 2. The molecule has 0 amide bonds. The van der Waals surface area contributed by atoms with Gasteiger partial charge in [-0.3, -0.25) is 0 Å². The van der Waals surface area contributed by atoms with Crippen LogP contribution in [0.25, 0.3) is 0 Å². The van der Waals surface area contributed by atoms with E-state index in [0.29, 0.717) is 19.4 Å². The quantitative estimate of drug-likeness (QED) is 0.866. The Kier molecular flexibility index (Phi) is 5.42. The minimum absolute atomic E-state index is 0.288. The molecule has 0 fully saturated rings. The molecule has 0 saturated carbocycles. The summed E-state index contributed by atoms with van der Waals surface area (Å²) in [5, 5.41) is 9.20. The zero-order valence-corrected chi connectivity index (χ0v) is 11.4. The van der Waals surface area contributed by atoms with Crippen molar-refractivity contribution in [2.24, 2.45) is 0 Å². The van der Waals surface area contributed by atoms with Crippen LogP contribution >= 0.6 is 0 Å². The van der Waals surface area contributed by atoms with E-state index in [0.717, 1.165) is 12.1 Å². The number of hydrogen-bond donors (Lipinski definition) is 1. The number of aliphatic carboxylic acids is 1. The second-order valence-corrected chi connectivity index (χ2v) is 4.50. The summed E-state index contributed by atoms with van der Waals surface area (Å²) < 4.78 is 38.2. The maximum absolute atomic E-state index is 12.7. The number of carboxylic acid groups (broad SMARTS) is 1. The standard InChI is InChI=1S/C14H18F3NO2/c1-3-8-18(12(4-2)13(19)20)11-7-5-6-10(9-11)14(15,16)17/h5-7,9,12H,3-4,8H2,1-2H3,(H,19,20)/t12-/m0/s1. The van der Waals surface area contributed by atoms with Gasteiger partial charge in [0.25, 0.3) is 0 Å². The number of anilines is 1. The van der Waals surface area contributed by atoms with E-state index in [1.807, 2.05) is 6.92 Å². The molecular weight excluding hydrogens is 271 g/mol. The first-order valence-corrected chi connectivity index (χ1v) is 6.48. The molecule has 0 aliphatic rings. The molecule has 1 rings (SSSR count). The van der Waals surface area contributed by atoms with E-state index in [9.17, 15) is 23.1 Å². The van der Waals surface area contributed by atoms with Crippen LogP contribution in [0.1, 0.15) is 32.3 Å². The van der Waals surface area contributed by atoms with Gasteiger partial charge in [-0.2, -0.15) is 13.2 Å². The Morgan fingerprint density at radius 1 is 1.35 bits per heavy atom. The number of carbonyl (C=O) groups is 1. The fraction of sp³-hybridized carbons (Fsp3) is 0.500. The third-order valence-electron chi connectivity index (χ3n) is 3.02. The highest BCUT2D eigenvalue weighted by molar-refractivity contribution is 5.78. The van der Waals surface area contributed by atoms with Crippen LogP contribution < -0.4 is 4.90 Å². The average Bonchev–Trinajstić information content (AvgIpc) is 2.37. The van der Waals surface area contributed by atoms with Crippen molar-refractivity contribution < 1.29 is 23.1 Å². The van der Waals surface area contributed by atoms with E-state index < -0.39 is 23.8 Å². The zero-order valence-electron chi connectivity index (χ0n) is 11.4. The molecule has 0 aliphatic carbocycles. The van der Waals surface area contributed by atoms with Gasteiger partial charge in [-0.1, -0.05) is 19.9 Å². The largest absolute Gasteiger partial charge is 0.480 e. The van der Waals surface area contributed by atoms with Gasteiger partial charge < -0.3 is 10.0 Å². The molecule has 1 atom stereocenters. The van der Waals surface area contributed by atoms with E-state index in [1.165, 1.54) is 17.0 Å². The second kappa shape index (κ2) is 6.63. The predicted octanol–water partition coefficient (Wildman–Crippen LogP) is 3.79. The van der Waals surface area contributed by atoms with Crippen LogP contribution in [0.15, 0.2) is 24.3 Å². The fourth-order valence-corrected chi connectivity index (χ4v) is 2.09. The molecule has 0 heterocycles. The lowest BCUT2D eigenvalue weighted by molar-refractivity contribution is -0.138. The molecule has 1 aromatic carbocycles. The molecule has 0 saturated heterocycles. The van der Waals surface area contributed by atoms with Gasteiger partial charge in [0.15, 0.2) is 0 Å². The van der Waals surface area contributed by atoms with Crippen molar-refractivity contribution in [2.75, 3.05) is 11.4 Å². The number of alkyl halides is 3. The van der Waals surface area contributed by atoms with Gasteiger partial charge in [-0.25, -0.2) is 4.79 Å². The Morgan fingerprint density at radius 2 is 2.00 bits per heavy atom. The molecule has 0 bridgehead atoms. The maximum atomic E-state index is 12.7. The molecule has 6 heteroatoms. The number of rotatable bonds is 6. The Balaban J connectivity index is 3.18. The van der Waals surface area contributed by atoms with Crippen LogP contribution in [-0.4, -0.2) is 23.7 Å². The average molecular weight is 289 g/mol. The summed E-state index contributed by atoms with van der Waals surface area (Å²) in [5.74, 6) is -1.03. The lowest BCUT2D eigenvalue weighted by Gasteiger charge is -2.30. The number of carboxylic acids is 1. The topological polar surface area (TPSA) is 40.5 Å². The van der Waals surface area contributed by atoms with Crippen LogP contribution in [0.5, 0.6) is 0 Å². The first kappa shape index (κ1) is 16.3. The van der Waals surface area contributed by atoms with Crippen molar-refractivity contribution >= 4 is 11.7 Å². The highest BCUT2D eigenvalue weighted by Crippen LogP contribution is 2.32. The summed E-state index contributed by atoms with van der Waals surface area (Å²) >= 11 is 0.